The fraction of sp³-hybridized carbons (Fsp3) is 0.143. The summed E-state index contributed by atoms with van der Waals surface area (Å²) in [6.45, 7) is 1.49. The van der Waals surface area contributed by atoms with Crippen LogP contribution < -0.4 is 10.6 Å². The number of urea groups is 1. The van der Waals surface area contributed by atoms with Gasteiger partial charge in [-0.25, -0.2) is 9.59 Å². The summed E-state index contributed by atoms with van der Waals surface area (Å²) in [5.41, 5.74) is 2.55. The minimum Gasteiger partial charge on any atom is -0.452 e. The van der Waals surface area contributed by atoms with E-state index in [-0.39, 0.29) is 6.54 Å². The summed E-state index contributed by atoms with van der Waals surface area (Å²) in [5, 5.41) is 5.33. The van der Waals surface area contributed by atoms with E-state index in [0.717, 1.165) is 5.56 Å². The number of hydrogen-bond acceptors (Lipinski definition) is 5. The van der Waals surface area contributed by atoms with E-state index in [1.807, 2.05) is 36.4 Å². The summed E-state index contributed by atoms with van der Waals surface area (Å²) in [4.78, 5) is 40.4. The Labute approximate surface area is 161 Å². The van der Waals surface area contributed by atoms with Crippen LogP contribution in [0.2, 0.25) is 0 Å². The molecule has 0 fully saturated rings. The van der Waals surface area contributed by atoms with Gasteiger partial charge in [-0.1, -0.05) is 48.5 Å². The number of benzene rings is 2. The number of para-hydroxylation sites is 1. The first-order valence-corrected chi connectivity index (χ1v) is 8.68. The number of aromatic nitrogens is 1. The number of hydrogen-bond donors (Lipinski definition) is 2. The Hall–Kier alpha value is -3.74. The van der Waals surface area contributed by atoms with E-state index < -0.39 is 24.5 Å². The number of amides is 3. The highest BCUT2D eigenvalue weighted by atomic mass is 16.5. The van der Waals surface area contributed by atoms with Crippen molar-refractivity contribution in [2.24, 2.45) is 0 Å². The van der Waals surface area contributed by atoms with Crippen LogP contribution in [0.1, 0.15) is 21.6 Å². The van der Waals surface area contributed by atoms with E-state index in [0.29, 0.717) is 22.2 Å². The van der Waals surface area contributed by atoms with E-state index in [9.17, 15) is 14.4 Å². The molecule has 0 atom stereocenters. The zero-order valence-corrected chi connectivity index (χ0v) is 15.3. The van der Waals surface area contributed by atoms with Crippen molar-refractivity contribution in [3.05, 3.63) is 77.5 Å². The second-order valence-electron chi connectivity index (χ2n) is 6.12. The first-order chi connectivity index (χ1) is 13.5. The Balaban J connectivity index is 1.53. The molecule has 3 aromatic rings. The minimum atomic E-state index is -0.714. The normalized spacial score (nSPS) is 10.3. The number of nitrogens with zero attached hydrogens (tertiary/aromatic N) is 1. The van der Waals surface area contributed by atoms with Crippen LogP contribution in [-0.2, 0) is 16.1 Å². The molecule has 7 heteroatoms. The number of fused-ring (bicyclic) bond motifs is 1. The molecular weight excluding hydrogens is 358 g/mol. The third kappa shape index (κ3) is 4.91. The van der Waals surface area contributed by atoms with Crippen molar-refractivity contribution in [3.8, 4) is 0 Å². The molecule has 1 heterocycles. The molecule has 0 saturated heterocycles. The van der Waals surface area contributed by atoms with Gasteiger partial charge in [-0.15, -0.1) is 0 Å². The van der Waals surface area contributed by atoms with Gasteiger partial charge in [-0.3, -0.25) is 15.1 Å². The SMILES string of the molecule is Cc1cc(C(=O)OCC(=O)NC(=O)NCc2ccccc2)c2ccccc2n1. The molecule has 0 unspecified atom stereocenters. The molecule has 0 bridgehead atoms. The van der Waals surface area contributed by atoms with Crippen LogP contribution in [0.3, 0.4) is 0 Å². The van der Waals surface area contributed by atoms with Crippen molar-refractivity contribution in [2.45, 2.75) is 13.5 Å². The van der Waals surface area contributed by atoms with E-state index in [1.165, 1.54) is 0 Å². The molecule has 3 rings (SSSR count). The number of carbonyl (C=O) groups excluding carboxylic acids is 3. The number of esters is 1. The topological polar surface area (TPSA) is 97.4 Å². The maximum Gasteiger partial charge on any atom is 0.339 e. The molecule has 0 spiro atoms. The molecule has 7 nitrogen and oxygen atoms in total. The van der Waals surface area contributed by atoms with Crippen molar-refractivity contribution < 1.29 is 19.1 Å². The van der Waals surface area contributed by atoms with Crippen LogP contribution in [0.5, 0.6) is 0 Å². The number of pyridine rings is 1. The largest absolute Gasteiger partial charge is 0.452 e. The smallest absolute Gasteiger partial charge is 0.339 e. The molecule has 0 saturated carbocycles. The molecule has 3 amide bonds. The van der Waals surface area contributed by atoms with Gasteiger partial charge in [-0.2, -0.15) is 0 Å². The quantitative estimate of drug-likeness (QED) is 0.667. The fourth-order valence-corrected chi connectivity index (χ4v) is 2.67. The molecular formula is C21H19N3O4. The lowest BCUT2D eigenvalue weighted by molar-refractivity contribution is -0.123. The lowest BCUT2D eigenvalue weighted by Gasteiger charge is -2.09. The summed E-state index contributed by atoms with van der Waals surface area (Å²) in [7, 11) is 0. The maximum atomic E-state index is 12.4. The van der Waals surface area contributed by atoms with Crippen molar-refractivity contribution in [1.82, 2.24) is 15.6 Å². The van der Waals surface area contributed by atoms with Crippen LogP contribution in [0, 0.1) is 6.92 Å². The fourth-order valence-electron chi connectivity index (χ4n) is 2.67. The highest BCUT2D eigenvalue weighted by Crippen LogP contribution is 2.19. The predicted octanol–water partition coefficient (Wildman–Crippen LogP) is 2.73. The van der Waals surface area contributed by atoms with Gasteiger partial charge in [0.1, 0.15) is 0 Å². The van der Waals surface area contributed by atoms with E-state index in [1.54, 1.807) is 31.2 Å². The van der Waals surface area contributed by atoms with Gasteiger partial charge in [0.05, 0.1) is 11.1 Å². The molecule has 0 aliphatic heterocycles. The molecule has 28 heavy (non-hydrogen) atoms. The Morgan fingerprint density at radius 2 is 1.71 bits per heavy atom. The average Bonchev–Trinajstić information content (AvgIpc) is 2.70. The average molecular weight is 377 g/mol. The van der Waals surface area contributed by atoms with Crippen molar-refractivity contribution in [3.63, 3.8) is 0 Å². The third-order valence-corrected chi connectivity index (χ3v) is 3.95. The van der Waals surface area contributed by atoms with Gasteiger partial charge in [0.25, 0.3) is 5.91 Å². The number of ether oxygens (including phenoxy) is 1. The van der Waals surface area contributed by atoms with E-state index >= 15 is 0 Å². The van der Waals surface area contributed by atoms with Crippen LogP contribution in [0.4, 0.5) is 4.79 Å². The highest BCUT2D eigenvalue weighted by molar-refractivity contribution is 6.04. The van der Waals surface area contributed by atoms with Gasteiger partial charge >= 0.3 is 12.0 Å². The second-order valence-corrected chi connectivity index (χ2v) is 6.12. The van der Waals surface area contributed by atoms with E-state index in [4.69, 9.17) is 4.74 Å². The van der Waals surface area contributed by atoms with Gasteiger partial charge in [0.2, 0.25) is 0 Å². The monoisotopic (exact) mass is 377 g/mol. The Bertz CT molecular complexity index is 1020. The van der Waals surface area contributed by atoms with Crippen LogP contribution in [0.25, 0.3) is 10.9 Å². The Kier molecular flexibility index (Phi) is 5.96. The number of nitrogens with one attached hydrogen (secondary N) is 2. The van der Waals surface area contributed by atoms with Gasteiger partial charge in [0, 0.05) is 17.6 Å². The van der Waals surface area contributed by atoms with Crippen molar-refractivity contribution in [1.29, 1.82) is 0 Å². The first kappa shape index (κ1) is 19.0. The van der Waals surface area contributed by atoms with Crippen LogP contribution in [-0.4, -0.2) is 29.5 Å². The lowest BCUT2D eigenvalue weighted by atomic mass is 10.1. The summed E-state index contributed by atoms with van der Waals surface area (Å²) < 4.78 is 5.06. The molecule has 0 aliphatic rings. The number of carbonyl (C=O) groups is 3. The predicted molar refractivity (Wildman–Crippen MR) is 104 cm³/mol. The molecule has 0 radical (unpaired) electrons. The van der Waals surface area contributed by atoms with Gasteiger partial charge in [-0.05, 0) is 24.6 Å². The number of imide groups is 1. The highest BCUT2D eigenvalue weighted by Gasteiger charge is 2.16. The number of rotatable bonds is 5. The third-order valence-electron chi connectivity index (χ3n) is 3.95. The summed E-state index contributed by atoms with van der Waals surface area (Å²) >= 11 is 0. The summed E-state index contributed by atoms with van der Waals surface area (Å²) in [6, 6.07) is 17.4. The Morgan fingerprint density at radius 3 is 2.50 bits per heavy atom. The minimum absolute atomic E-state index is 0.280. The summed E-state index contributed by atoms with van der Waals surface area (Å²) in [5.74, 6) is -1.37. The van der Waals surface area contributed by atoms with Crippen LogP contribution in [0.15, 0.2) is 60.7 Å². The van der Waals surface area contributed by atoms with Crippen molar-refractivity contribution in [2.75, 3.05) is 6.61 Å². The molecule has 0 aliphatic carbocycles. The zero-order valence-electron chi connectivity index (χ0n) is 15.3. The Morgan fingerprint density at radius 1 is 1.00 bits per heavy atom. The summed E-state index contributed by atoms with van der Waals surface area (Å²) in [6.07, 6.45) is 0. The zero-order chi connectivity index (χ0) is 19.9. The molecule has 2 N–H and O–H groups in total. The standard InChI is InChI=1S/C21H19N3O4/c1-14-11-17(16-9-5-6-10-18(16)23-14)20(26)28-13-19(25)24-21(27)22-12-15-7-3-2-4-8-15/h2-11H,12-13H2,1H3,(H2,22,24,25,27). The lowest BCUT2D eigenvalue weighted by Crippen LogP contribution is -2.41. The number of aryl methyl sites for hydroxylation is 1. The molecule has 2 aromatic carbocycles. The maximum absolute atomic E-state index is 12.4. The van der Waals surface area contributed by atoms with Crippen LogP contribution >= 0.6 is 0 Å². The molecule has 142 valence electrons. The van der Waals surface area contributed by atoms with E-state index in [2.05, 4.69) is 15.6 Å². The van der Waals surface area contributed by atoms with Gasteiger partial charge in [0.15, 0.2) is 6.61 Å². The van der Waals surface area contributed by atoms with Gasteiger partial charge < -0.3 is 10.1 Å². The first-order valence-electron chi connectivity index (χ1n) is 8.68. The molecule has 1 aromatic heterocycles. The second kappa shape index (κ2) is 8.77. The van der Waals surface area contributed by atoms with Crippen molar-refractivity contribution >= 4 is 28.8 Å².